The van der Waals surface area contributed by atoms with Gasteiger partial charge in [0.05, 0.1) is 6.04 Å². The van der Waals surface area contributed by atoms with Crippen LogP contribution >= 0.6 is 11.6 Å². The number of carbonyl (C=O) groups is 1. The van der Waals surface area contributed by atoms with Crippen LogP contribution in [0.1, 0.15) is 35.2 Å². The van der Waals surface area contributed by atoms with Gasteiger partial charge in [-0.25, -0.2) is 0 Å². The van der Waals surface area contributed by atoms with Crippen molar-refractivity contribution in [3.63, 3.8) is 0 Å². The molecule has 0 unspecified atom stereocenters. The molecule has 0 aromatic heterocycles. The summed E-state index contributed by atoms with van der Waals surface area (Å²) in [5.41, 5.74) is 4.51. The molecule has 0 spiro atoms. The zero-order valence-corrected chi connectivity index (χ0v) is 16.9. The number of amides is 1. The molecule has 29 heavy (non-hydrogen) atoms. The van der Waals surface area contributed by atoms with Gasteiger partial charge in [0.1, 0.15) is 0 Å². The van der Waals surface area contributed by atoms with E-state index >= 15 is 0 Å². The largest absolute Gasteiger partial charge is 0.503 e. The van der Waals surface area contributed by atoms with Gasteiger partial charge < -0.3 is 10.0 Å². The molecule has 1 N–H and O–H groups in total. The van der Waals surface area contributed by atoms with Crippen LogP contribution in [0.5, 0.6) is 0 Å². The molecule has 0 saturated carbocycles. The number of hydrogen-bond acceptors (Lipinski definition) is 2. The molecule has 1 amide bonds. The minimum Gasteiger partial charge on any atom is -0.503 e. The number of carbonyl (C=O) groups excluding carboxylic acids is 1. The maximum absolute atomic E-state index is 13.1. The summed E-state index contributed by atoms with van der Waals surface area (Å²) >= 11 is 6.36. The number of rotatable bonds is 5. The highest BCUT2D eigenvalue weighted by atomic mass is 35.5. The molecule has 0 aliphatic carbocycles. The summed E-state index contributed by atoms with van der Waals surface area (Å²) in [6, 6.07) is 24.9. The van der Waals surface area contributed by atoms with Crippen molar-refractivity contribution in [2.75, 3.05) is 0 Å². The lowest BCUT2D eigenvalue weighted by molar-refractivity contribution is -0.130. The first-order valence-electron chi connectivity index (χ1n) is 9.72. The molecular formula is C25H22ClNO2. The minimum atomic E-state index is -0.382. The molecule has 4 heteroatoms. The Kier molecular flexibility index (Phi) is 5.41. The van der Waals surface area contributed by atoms with Crippen molar-refractivity contribution < 1.29 is 9.90 Å². The Balaban J connectivity index is 1.81. The second-order valence-corrected chi connectivity index (χ2v) is 7.56. The van der Waals surface area contributed by atoms with E-state index in [2.05, 4.69) is 19.1 Å². The maximum atomic E-state index is 13.1. The quantitative estimate of drug-likeness (QED) is 0.571. The van der Waals surface area contributed by atoms with Crippen molar-refractivity contribution in [1.29, 1.82) is 0 Å². The normalized spacial score (nSPS) is 16.6. The van der Waals surface area contributed by atoms with E-state index in [1.807, 2.05) is 66.7 Å². The van der Waals surface area contributed by atoms with Crippen LogP contribution in [0.4, 0.5) is 0 Å². The molecule has 1 heterocycles. The Morgan fingerprint density at radius 2 is 1.59 bits per heavy atom. The van der Waals surface area contributed by atoms with Crippen molar-refractivity contribution in [3.8, 4) is 0 Å². The second-order valence-electron chi connectivity index (χ2n) is 7.15. The van der Waals surface area contributed by atoms with E-state index in [-0.39, 0.29) is 17.7 Å². The molecule has 0 bridgehead atoms. The lowest BCUT2D eigenvalue weighted by Gasteiger charge is -2.28. The topological polar surface area (TPSA) is 40.5 Å². The highest BCUT2D eigenvalue weighted by molar-refractivity contribution is 6.31. The number of nitrogens with zero attached hydrogens (tertiary/aromatic N) is 1. The third-order valence-corrected chi connectivity index (χ3v) is 5.76. The van der Waals surface area contributed by atoms with Crippen LogP contribution in [0.3, 0.4) is 0 Å². The van der Waals surface area contributed by atoms with Gasteiger partial charge in [-0.2, -0.15) is 0 Å². The molecule has 0 radical (unpaired) electrons. The summed E-state index contributed by atoms with van der Waals surface area (Å²) in [5.74, 6) is -0.582. The Hall–Kier alpha value is -3.04. The summed E-state index contributed by atoms with van der Waals surface area (Å²) in [6.07, 6.45) is 0.944. The SMILES string of the molecule is CCc1ccc([C@@H]2C(c3ccccc3)=C(O)C(=O)N2Cc2ccccc2Cl)cc1. The number of halogens is 1. The Morgan fingerprint density at radius 3 is 2.24 bits per heavy atom. The zero-order chi connectivity index (χ0) is 20.4. The van der Waals surface area contributed by atoms with Crippen LogP contribution in [0.15, 0.2) is 84.6 Å². The first kappa shape index (κ1) is 19.3. The third kappa shape index (κ3) is 3.66. The van der Waals surface area contributed by atoms with Gasteiger partial charge in [-0.05, 0) is 34.7 Å². The highest BCUT2D eigenvalue weighted by Gasteiger charge is 2.41. The summed E-state index contributed by atoms with van der Waals surface area (Å²) in [6.45, 7) is 2.43. The average molecular weight is 404 g/mol. The van der Waals surface area contributed by atoms with Crippen molar-refractivity contribution in [2.24, 2.45) is 0 Å². The van der Waals surface area contributed by atoms with Gasteiger partial charge in [0, 0.05) is 17.1 Å². The second kappa shape index (κ2) is 8.14. The van der Waals surface area contributed by atoms with E-state index in [1.165, 1.54) is 5.56 Å². The molecule has 3 aromatic carbocycles. The van der Waals surface area contributed by atoms with Gasteiger partial charge in [0.25, 0.3) is 5.91 Å². The van der Waals surface area contributed by atoms with Gasteiger partial charge >= 0.3 is 0 Å². The summed E-state index contributed by atoms with van der Waals surface area (Å²) in [4.78, 5) is 14.8. The van der Waals surface area contributed by atoms with Crippen LogP contribution < -0.4 is 0 Å². The van der Waals surface area contributed by atoms with Gasteiger partial charge in [-0.3, -0.25) is 4.79 Å². The lowest BCUT2D eigenvalue weighted by Crippen LogP contribution is -2.30. The van der Waals surface area contributed by atoms with Crippen LogP contribution in [0, 0.1) is 0 Å². The molecule has 1 aliphatic heterocycles. The van der Waals surface area contributed by atoms with Crippen molar-refractivity contribution >= 4 is 23.1 Å². The Morgan fingerprint density at radius 1 is 0.931 bits per heavy atom. The fourth-order valence-electron chi connectivity index (χ4n) is 3.82. The molecule has 1 atom stereocenters. The van der Waals surface area contributed by atoms with Gasteiger partial charge in [0.15, 0.2) is 5.76 Å². The van der Waals surface area contributed by atoms with E-state index in [0.29, 0.717) is 17.1 Å². The molecule has 4 rings (SSSR count). The Labute approximate surface area is 175 Å². The fraction of sp³-hybridized carbons (Fsp3) is 0.160. The molecule has 146 valence electrons. The minimum absolute atomic E-state index is 0.201. The standard InChI is InChI=1S/C25H22ClNO2/c1-2-17-12-14-19(15-13-17)23-22(18-8-4-3-5-9-18)24(28)25(29)27(23)16-20-10-6-7-11-21(20)26/h3-15,23,28H,2,16H2,1H3/t23-/m1/s1. The molecular weight excluding hydrogens is 382 g/mol. The number of benzene rings is 3. The predicted molar refractivity (Wildman–Crippen MR) is 117 cm³/mol. The van der Waals surface area contributed by atoms with E-state index in [0.717, 1.165) is 23.1 Å². The van der Waals surface area contributed by atoms with Gasteiger partial charge in [-0.15, -0.1) is 0 Å². The monoisotopic (exact) mass is 403 g/mol. The zero-order valence-electron chi connectivity index (χ0n) is 16.2. The number of aliphatic hydroxyl groups is 1. The summed E-state index contributed by atoms with van der Waals surface area (Å²) in [5, 5.41) is 11.4. The van der Waals surface area contributed by atoms with Crippen LogP contribution in [-0.4, -0.2) is 15.9 Å². The van der Waals surface area contributed by atoms with Crippen LogP contribution in [-0.2, 0) is 17.8 Å². The lowest BCUT2D eigenvalue weighted by atomic mass is 9.92. The smallest absolute Gasteiger partial charge is 0.290 e. The first-order chi connectivity index (χ1) is 14.1. The third-order valence-electron chi connectivity index (χ3n) is 5.39. The van der Waals surface area contributed by atoms with E-state index in [4.69, 9.17) is 11.6 Å². The number of aryl methyl sites for hydroxylation is 1. The number of hydrogen-bond donors (Lipinski definition) is 1. The fourth-order valence-corrected chi connectivity index (χ4v) is 4.02. The highest BCUT2D eigenvalue weighted by Crippen LogP contribution is 2.44. The van der Waals surface area contributed by atoms with Crippen LogP contribution in [0.25, 0.3) is 5.57 Å². The van der Waals surface area contributed by atoms with E-state index < -0.39 is 0 Å². The molecule has 3 nitrogen and oxygen atoms in total. The van der Waals surface area contributed by atoms with Crippen molar-refractivity contribution in [3.05, 3.63) is 112 Å². The van der Waals surface area contributed by atoms with Gasteiger partial charge in [0.2, 0.25) is 0 Å². The maximum Gasteiger partial charge on any atom is 0.290 e. The Bertz CT molecular complexity index is 1060. The molecule has 0 saturated heterocycles. The average Bonchev–Trinajstić information content (AvgIpc) is 3.01. The van der Waals surface area contributed by atoms with Crippen molar-refractivity contribution in [1.82, 2.24) is 4.90 Å². The predicted octanol–water partition coefficient (Wildman–Crippen LogP) is 5.96. The molecule has 1 aliphatic rings. The number of aliphatic hydroxyl groups excluding tert-OH is 1. The van der Waals surface area contributed by atoms with Gasteiger partial charge in [-0.1, -0.05) is 91.3 Å². The molecule has 3 aromatic rings. The summed E-state index contributed by atoms with van der Waals surface area (Å²) in [7, 11) is 0. The van der Waals surface area contributed by atoms with Crippen LogP contribution in [0.2, 0.25) is 5.02 Å². The molecule has 0 fully saturated rings. The first-order valence-corrected chi connectivity index (χ1v) is 10.1. The van der Waals surface area contributed by atoms with E-state index in [1.54, 1.807) is 4.90 Å². The van der Waals surface area contributed by atoms with E-state index in [9.17, 15) is 9.90 Å². The van der Waals surface area contributed by atoms with Crippen molar-refractivity contribution in [2.45, 2.75) is 25.9 Å². The summed E-state index contributed by atoms with van der Waals surface area (Å²) < 4.78 is 0.